The van der Waals surface area contributed by atoms with Crippen molar-refractivity contribution in [2.45, 2.75) is 13.5 Å². The van der Waals surface area contributed by atoms with E-state index in [9.17, 15) is 9.18 Å². The molecule has 6 heteroatoms. The standard InChI is InChI=1S/C19H15ClFN3O/c1-12-4-6-15(16(21)9-12)17-7-5-14(11-23-17)19(25)24-10-13-3-2-8-22-18(13)20/h2-9,11H,10H2,1H3,(H,24,25). The fraction of sp³-hybridized carbons (Fsp3) is 0.105. The molecule has 0 unspecified atom stereocenters. The Labute approximate surface area is 149 Å². The van der Waals surface area contributed by atoms with Crippen molar-refractivity contribution in [3.63, 3.8) is 0 Å². The number of pyridine rings is 2. The highest BCUT2D eigenvalue weighted by molar-refractivity contribution is 6.30. The van der Waals surface area contributed by atoms with Crippen LogP contribution in [0.3, 0.4) is 0 Å². The number of aryl methyl sites for hydroxylation is 1. The van der Waals surface area contributed by atoms with Gasteiger partial charge < -0.3 is 5.32 Å². The van der Waals surface area contributed by atoms with Crippen LogP contribution in [0.5, 0.6) is 0 Å². The number of benzene rings is 1. The van der Waals surface area contributed by atoms with E-state index >= 15 is 0 Å². The van der Waals surface area contributed by atoms with Crippen LogP contribution in [0.4, 0.5) is 4.39 Å². The van der Waals surface area contributed by atoms with Gasteiger partial charge in [-0.3, -0.25) is 9.78 Å². The summed E-state index contributed by atoms with van der Waals surface area (Å²) in [6, 6.07) is 11.7. The summed E-state index contributed by atoms with van der Waals surface area (Å²) in [4.78, 5) is 20.3. The highest BCUT2D eigenvalue weighted by Crippen LogP contribution is 2.21. The predicted molar refractivity (Wildman–Crippen MR) is 94.8 cm³/mol. The maximum absolute atomic E-state index is 14.0. The van der Waals surface area contributed by atoms with E-state index in [-0.39, 0.29) is 18.3 Å². The summed E-state index contributed by atoms with van der Waals surface area (Å²) in [7, 11) is 0. The van der Waals surface area contributed by atoms with Gasteiger partial charge in [0.1, 0.15) is 11.0 Å². The summed E-state index contributed by atoms with van der Waals surface area (Å²) in [5.41, 5.74) is 2.83. The number of hydrogen-bond donors (Lipinski definition) is 1. The van der Waals surface area contributed by atoms with Gasteiger partial charge in [0.15, 0.2) is 0 Å². The van der Waals surface area contributed by atoms with Gasteiger partial charge in [-0.1, -0.05) is 23.7 Å². The largest absolute Gasteiger partial charge is 0.348 e. The zero-order valence-electron chi connectivity index (χ0n) is 13.5. The van der Waals surface area contributed by atoms with Crippen LogP contribution >= 0.6 is 11.6 Å². The molecule has 0 aliphatic carbocycles. The molecule has 0 fully saturated rings. The van der Waals surface area contributed by atoms with Gasteiger partial charge in [-0.15, -0.1) is 0 Å². The van der Waals surface area contributed by atoms with Crippen molar-refractivity contribution in [1.29, 1.82) is 0 Å². The lowest BCUT2D eigenvalue weighted by Crippen LogP contribution is -2.23. The molecule has 0 saturated heterocycles. The SMILES string of the molecule is Cc1ccc(-c2ccc(C(=O)NCc3cccnc3Cl)cn2)c(F)c1. The molecule has 0 saturated carbocycles. The molecule has 0 aliphatic rings. The van der Waals surface area contributed by atoms with E-state index in [2.05, 4.69) is 15.3 Å². The monoisotopic (exact) mass is 355 g/mol. The highest BCUT2D eigenvalue weighted by Gasteiger charge is 2.10. The first-order valence-corrected chi connectivity index (χ1v) is 8.02. The second-order valence-corrected chi connectivity index (χ2v) is 5.91. The molecule has 0 aliphatic heterocycles. The fourth-order valence-corrected chi connectivity index (χ4v) is 2.53. The third-order valence-electron chi connectivity index (χ3n) is 3.70. The van der Waals surface area contributed by atoms with Crippen LogP contribution in [0, 0.1) is 12.7 Å². The van der Waals surface area contributed by atoms with Gasteiger partial charge in [0, 0.05) is 30.1 Å². The molecule has 0 atom stereocenters. The highest BCUT2D eigenvalue weighted by atomic mass is 35.5. The molecule has 2 aromatic heterocycles. The minimum Gasteiger partial charge on any atom is -0.348 e. The quantitative estimate of drug-likeness (QED) is 0.714. The maximum Gasteiger partial charge on any atom is 0.253 e. The van der Waals surface area contributed by atoms with Crippen molar-refractivity contribution in [3.05, 3.63) is 82.5 Å². The van der Waals surface area contributed by atoms with Crippen LogP contribution < -0.4 is 5.32 Å². The maximum atomic E-state index is 14.0. The average molecular weight is 356 g/mol. The van der Waals surface area contributed by atoms with Crippen molar-refractivity contribution >= 4 is 17.5 Å². The van der Waals surface area contributed by atoms with E-state index in [1.165, 1.54) is 12.3 Å². The summed E-state index contributed by atoms with van der Waals surface area (Å²) in [6.07, 6.45) is 3.01. The summed E-state index contributed by atoms with van der Waals surface area (Å²) >= 11 is 5.96. The topological polar surface area (TPSA) is 54.9 Å². The number of carbonyl (C=O) groups is 1. The molecule has 0 bridgehead atoms. The number of nitrogens with one attached hydrogen (secondary N) is 1. The van der Waals surface area contributed by atoms with E-state index in [1.807, 2.05) is 13.0 Å². The number of carbonyl (C=O) groups excluding carboxylic acids is 1. The molecule has 0 radical (unpaired) electrons. The molecular formula is C19H15ClFN3O. The van der Waals surface area contributed by atoms with Crippen molar-refractivity contribution < 1.29 is 9.18 Å². The molecule has 2 heterocycles. The van der Waals surface area contributed by atoms with Crippen molar-refractivity contribution in [1.82, 2.24) is 15.3 Å². The molecule has 25 heavy (non-hydrogen) atoms. The second kappa shape index (κ2) is 7.40. The van der Waals surface area contributed by atoms with E-state index in [0.29, 0.717) is 22.0 Å². The van der Waals surface area contributed by atoms with E-state index < -0.39 is 0 Å². The third-order valence-corrected chi connectivity index (χ3v) is 4.04. The van der Waals surface area contributed by atoms with Crippen molar-refractivity contribution in [2.75, 3.05) is 0 Å². The van der Waals surface area contributed by atoms with Gasteiger partial charge in [-0.2, -0.15) is 0 Å². The fourth-order valence-electron chi connectivity index (χ4n) is 2.34. The van der Waals surface area contributed by atoms with Crippen LogP contribution in [-0.2, 0) is 6.54 Å². The van der Waals surface area contributed by atoms with Gasteiger partial charge in [0.05, 0.1) is 11.3 Å². The Hall–Kier alpha value is -2.79. The van der Waals surface area contributed by atoms with Crippen molar-refractivity contribution in [3.8, 4) is 11.3 Å². The van der Waals surface area contributed by atoms with Crippen LogP contribution in [0.2, 0.25) is 5.15 Å². The molecule has 3 rings (SSSR count). The van der Waals surface area contributed by atoms with Crippen LogP contribution in [0.1, 0.15) is 21.5 Å². The number of halogens is 2. The average Bonchev–Trinajstić information content (AvgIpc) is 2.61. The Kier molecular flexibility index (Phi) is 5.05. The molecule has 126 valence electrons. The Balaban J connectivity index is 1.71. The number of rotatable bonds is 4. The van der Waals surface area contributed by atoms with E-state index in [4.69, 9.17) is 11.6 Å². The van der Waals surface area contributed by atoms with Gasteiger partial charge in [0.25, 0.3) is 5.91 Å². The lowest BCUT2D eigenvalue weighted by molar-refractivity contribution is 0.0950. The molecular weight excluding hydrogens is 341 g/mol. The first-order valence-electron chi connectivity index (χ1n) is 7.65. The number of amides is 1. The Morgan fingerprint density at radius 1 is 1.20 bits per heavy atom. The minimum absolute atomic E-state index is 0.264. The molecule has 3 aromatic rings. The first-order chi connectivity index (χ1) is 12.0. The first kappa shape index (κ1) is 17.0. The Morgan fingerprint density at radius 3 is 2.72 bits per heavy atom. The van der Waals surface area contributed by atoms with Gasteiger partial charge >= 0.3 is 0 Å². The molecule has 1 aromatic carbocycles. The summed E-state index contributed by atoms with van der Waals surface area (Å²) in [6.45, 7) is 2.09. The summed E-state index contributed by atoms with van der Waals surface area (Å²) < 4.78 is 14.0. The van der Waals surface area contributed by atoms with E-state index in [1.54, 1.807) is 36.5 Å². The van der Waals surface area contributed by atoms with Gasteiger partial charge in [0.2, 0.25) is 0 Å². The third kappa shape index (κ3) is 4.00. The molecule has 4 nitrogen and oxygen atoms in total. The second-order valence-electron chi connectivity index (χ2n) is 5.55. The normalized spacial score (nSPS) is 10.5. The Bertz CT molecular complexity index is 913. The zero-order chi connectivity index (χ0) is 17.8. The number of hydrogen-bond acceptors (Lipinski definition) is 3. The molecule has 0 spiro atoms. The van der Waals surface area contributed by atoms with Crippen LogP contribution in [-0.4, -0.2) is 15.9 Å². The predicted octanol–water partition coefficient (Wildman–Crippen LogP) is 4.17. The molecule has 1 amide bonds. The number of aromatic nitrogens is 2. The molecule has 1 N–H and O–H groups in total. The lowest BCUT2D eigenvalue weighted by atomic mass is 10.1. The Morgan fingerprint density at radius 2 is 2.04 bits per heavy atom. The van der Waals surface area contributed by atoms with Gasteiger partial charge in [-0.05, 0) is 42.8 Å². The lowest BCUT2D eigenvalue weighted by Gasteiger charge is -2.07. The van der Waals surface area contributed by atoms with Crippen LogP contribution in [0.15, 0.2) is 54.9 Å². The minimum atomic E-state index is -0.337. The van der Waals surface area contributed by atoms with Crippen molar-refractivity contribution in [2.24, 2.45) is 0 Å². The zero-order valence-corrected chi connectivity index (χ0v) is 14.2. The number of nitrogens with zero attached hydrogens (tertiary/aromatic N) is 2. The van der Waals surface area contributed by atoms with E-state index in [0.717, 1.165) is 11.1 Å². The van der Waals surface area contributed by atoms with Gasteiger partial charge in [-0.25, -0.2) is 9.37 Å². The summed E-state index contributed by atoms with van der Waals surface area (Å²) in [5.74, 6) is -0.626. The summed E-state index contributed by atoms with van der Waals surface area (Å²) in [5, 5.41) is 3.11. The smallest absolute Gasteiger partial charge is 0.253 e. The van der Waals surface area contributed by atoms with Crippen LogP contribution in [0.25, 0.3) is 11.3 Å².